The van der Waals surface area contributed by atoms with Gasteiger partial charge in [-0.1, -0.05) is 44.9 Å². The minimum Gasteiger partial charge on any atom is -0.278 e. The van der Waals surface area contributed by atoms with E-state index in [1.807, 2.05) is 13.0 Å². The van der Waals surface area contributed by atoms with E-state index in [0.717, 1.165) is 22.9 Å². The average molecular weight is 262 g/mol. The van der Waals surface area contributed by atoms with Crippen LogP contribution in [0.1, 0.15) is 54.1 Å². The molecule has 1 saturated carbocycles. The van der Waals surface area contributed by atoms with Crippen molar-refractivity contribution in [1.29, 1.82) is 0 Å². The highest BCUT2D eigenvalue weighted by atomic mass is 15.1. The van der Waals surface area contributed by atoms with Crippen molar-refractivity contribution in [3.8, 4) is 0 Å². The van der Waals surface area contributed by atoms with Crippen molar-refractivity contribution in [2.75, 3.05) is 0 Å². The molecular weight excluding hydrogens is 232 g/mol. The topological polar surface area (TPSA) is 28.7 Å². The molecule has 0 atom stereocenters. The molecule has 0 saturated heterocycles. The molecule has 1 aliphatic carbocycles. The van der Waals surface area contributed by atoms with Crippen LogP contribution in [0, 0.1) is 18.8 Å². The van der Waals surface area contributed by atoms with Gasteiger partial charge >= 0.3 is 0 Å². The molecule has 0 bridgehead atoms. The molecule has 0 amide bonds. The van der Waals surface area contributed by atoms with Gasteiger partial charge in [0.05, 0.1) is 11.0 Å². The Morgan fingerprint density at radius 2 is 2.11 bits per heavy atom. The van der Waals surface area contributed by atoms with Crippen LogP contribution in [0.25, 0.3) is 11.6 Å². The largest absolute Gasteiger partial charge is 0.278 e. The third-order valence-corrected chi connectivity index (χ3v) is 3.26. The van der Waals surface area contributed by atoms with Gasteiger partial charge in [0.25, 0.3) is 0 Å². The SMILES string of the molecule is C=C/C=c1/[nH]nc(C)c1=C(C)C.CC(C)CC1CC1.[HH]. The highest BCUT2D eigenvalue weighted by Crippen LogP contribution is 2.34. The van der Waals surface area contributed by atoms with E-state index in [0.29, 0.717) is 0 Å². The molecule has 0 radical (unpaired) electrons. The van der Waals surface area contributed by atoms with Crippen LogP contribution in [0.3, 0.4) is 0 Å². The first-order valence-electron chi connectivity index (χ1n) is 7.27. The number of nitrogens with one attached hydrogen (secondary N) is 1. The Kier molecular flexibility index (Phi) is 6.07. The lowest BCUT2D eigenvalue weighted by Gasteiger charge is -1.98. The summed E-state index contributed by atoms with van der Waals surface area (Å²) in [6.45, 7) is 14.4. The molecule has 2 heteroatoms. The van der Waals surface area contributed by atoms with Crippen molar-refractivity contribution in [2.24, 2.45) is 11.8 Å². The molecule has 2 nitrogen and oxygen atoms in total. The molecule has 1 heterocycles. The standard InChI is InChI=1S/C10H14N2.C7H14.H2/c1-5-6-9-10(7(2)3)8(4)11-12-9;1-6(2)5-7-3-4-7;/h5-6,12H,1H2,2-4H3;6-7H,3-5H2,1-2H3;1H/b9-6+;;. The van der Waals surface area contributed by atoms with E-state index in [9.17, 15) is 0 Å². The first-order valence-corrected chi connectivity index (χ1v) is 7.27. The molecule has 1 N–H and O–H groups in total. The number of hydrogen-bond donors (Lipinski definition) is 1. The summed E-state index contributed by atoms with van der Waals surface area (Å²) in [6, 6.07) is 0. The number of hydrogen-bond acceptors (Lipinski definition) is 1. The van der Waals surface area contributed by atoms with Crippen LogP contribution in [-0.4, -0.2) is 10.2 Å². The van der Waals surface area contributed by atoms with E-state index >= 15 is 0 Å². The van der Waals surface area contributed by atoms with Crippen LogP contribution in [-0.2, 0) is 0 Å². The van der Waals surface area contributed by atoms with E-state index in [2.05, 4.69) is 44.5 Å². The molecule has 0 spiro atoms. The summed E-state index contributed by atoms with van der Waals surface area (Å²) in [7, 11) is 0. The van der Waals surface area contributed by atoms with Gasteiger partial charge in [0.1, 0.15) is 0 Å². The van der Waals surface area contributed by atoms with Gasteiger partial charge in [0.2, 0.25) is 0 Å². The zero-order valence-electron chi connectivity index (χ0n) is 13.1. The van der Waals surface area contributed by atoms with Crippen molar-refractivity contribution in [2.45, 2.75) is 53.9 Å². The lowest BCUT2D eigenvalue weighted by atomic mass is 10.1. The second kappa shape index (κ2) is 7.32. The smallest absolute Gasteiger partial charge is 0.0669 e. The van der Waals surface area contributed by atoms with Crippen LogP contribution in [0.15, 0.2) is 12.7 Å². The van der Waals surface area contributed by atoms with Crippen molar-refractivity contribution in [3.63, 3.8) is 0 Å². The number of rotatable bonds is 3. The molecule has 0 unspecified atom stereocenters. The quantitative estimate of drug-likeness (QED) is 0.886. The summed E-state index contributed by atoms with van der Waals surface area (Å²) in [5, 5.41) is 9.34. The Labute approximate surface area is 118 Å². The lowest BCUT2D eigenvalue weighted by molar-refractivity contribution is 0.541. The highest BCUT2D eigenvalue weighted by Gasteiger charge is 2.21. The minimum absolute atomic E-state index is 0. The number of aryl methyl sites for hydroxylation is 1. The predicted octanol–water partition coefficient (Wildman–Crippen LogP) is 3.56. The Balaban J connectivity index is 0.000000387. The maximum Gasteiger partial charge on any atom is 0.0669 e. The van der Waals surface area contributed by atoms with Crippen LogP contribution in [0.5, 0.6) is 0 Å². The Bertz CT molecular complexity index is 518. The first-order chi connectivity index (χ1) is 8.95. The van der Waals surface area contributed by atoms with Crippen LogP contribution >= 0.6 is 0 Å². The molecule has 0 aromatic carbocycles. The maximum atomic E-state index is 4.13. The Morgan fingerprint density at radius 3 is 2.47 bits per heavy atom. The highest BCUT2D eigenvalue weighted by molar-refractivity contribution is 5.43. The Hall–Kier alpha value is -1.31. The van der Waals surface area contributed by atoms with Crippen LogP contribution in [0.4, 0.5) is 0 Å². The molecule has 1 aromatic heterocycles. The molecule has 19 heavy (non-hydrogen) atoms. The molecule has 1 aromatic rings. The van der Waals surface area contributed by atoms with Crippen molar-refractivity contribution >= 4 is 11.6 Å². The second-order valence-corrected chi connectivity index (χ2v) is 6.07. The van der Waals surface area contributed by atoms with Crippen molar-refractivity contribution < 1.29 is 1.43 Å². The van der Waals surface area contributed by atoms with Gasteiger partial charge in [-0.25, -0.2) is 0 Å². The Morgan fingerprint density at radius 1 is 1.47 bits per heavy atom. The molecular formula is C17H30N2. The molecule has 1 aliphatic rings. The number of aromatic nitrogens is 2. The van der Waals surface area contributed by atoms with Gasteiger partial charge in [-0.15, -0.1) is 0 Å². The summed E-state index contributed by atoms with van der Waals surface area (Å²) in [5.41, 5.74) is 2.32. The number of nitrogens with zero attached hydrogens (tertiary/aromatic N) is 1. The number of allylic oxidation sites excluding steroid dienone is 1. The van der Waals surface area contributed by atoms with Gasteiger partial charge in [0, 0.05) is 6.65 Å². The maximum absolute atomic E-state index is 4.13. The fourth-order valence-corrected chi connectivity index (χ4v) is 2.34. The van der Waals surface area contributed by atoms with Crippen molar-refractivity contribution in [3.05, 3.63) is 28.9 Å². The second-order valence-electron chi connectivity index (χ2n) is 6.07. The summed E-state index contributed by atoms with van der Waals surface area (Å²) in [5.74, 6) is 2.06. The average Bonchev–Trinajstić information content (AvgIpc) is 3.02. The van der Waals surface area contributed by atoms with Crippen LogP contribution in [0.2, 0.25) is 0 Å². The first kappa shape index (κ1) is 15.7. The van der Waals surface area contributed by atoms with Gasteiger partial charge < -0.3 is 0 Å². The van der Waals surface area contributed by atoms with Gasteiger partial charge in [0.15, 0.2) is 0 Å². The third kappa shape index (κ3) is 5.46. The monoisotopic (exact) mass is 262 g/mol. The zero-order valence-corrected chi connectivity index (χ0v) is 13.1. The van der Waals surface area contributed by atoms with Crippen LogP contribution < -0.4 is 10.6 Å². The normalized spacial score (nSPS) is 15.2. The molecule has 2 rings (SSSR count). The number of aromatic amines is 1. The van der Waals surface area contributed by atoms with E-state index in [1.165, 1.54) is 30.1 Å². The summed E-state index contributed by atoms with van der Waals surface area (Å²) in [4.78, 5) is 0. The van der Waals surface area contributed by atoms with E-state index in [-0.39, 0.29) is 1.43 Å². The predicted molar refractivity (Wildman–Crippen MR) is 86.3 cm³/mol. The lowest BCUT2D eigenvalue weighted by Crippen LogP contribution is -2.25. The van der Waals surface area contributed by atoms with E-state index < -0.39 is 0 Å². The zero-order chi connectivity index (χ0) is 14.4. The molecule has 1 fully saturated rings. The van der Waals surface area contributed by atoms with E-state index in [1.54, 1.807) is 6.08 Å². The summed E-state index contributed by atoms with van der Waals surface area (Å²) < 4.78 is 0. The van der Waals surface area contributed by atoms with Crippen molar-refractivity contribution in [1.82, 2.24) is 10.2 Å². The van der Waals surface area contributed by atoms with Gasteiger partial charge in [-0.2, -0.15) is 5.10 Å². The fourth-order valence-electron chi connectivity index (χ4n) is 2.34. The van der Waals surface area contributed by atoms with Gasteiger partial charge in [-0.3, -0.25) is 5.10 Å². The molecule has 0 aliphatic heterocycles. The summed E-state index contributed by atoms with van der Waals surface area (Å²) in [6.07, 6.45) is 8.19. The minimum atomic E-state index is 0. The number of H-pyrrole nitrogens is 1. The summed E-state index contributed by atoms with van der Waals surface area (Å²) >= 11 is 0. The van der Waals surface area contributed by atoms with E-state index in [4.69, 9.17) is 0 Å². The molecule has 108 valence electrons. The third-order valence-electron chi connectivity index (χ3n) is 3.26. The fraction of sp³-hybridized carbons (Fsp3) is 0.588. The van der Waals surface area contributed by atoms with Gasteiger partial charge in [-0.05, 0) is 45.1 Å².